The van der Waals surface area contributed by atoms with Crippen molar-refractivity contribution in [2.24, 2.45) is 7.05 Å². The van der Waals surface area contributed by atoms with Crippen molar-refractivity contribution in [2.75, 3.05) is 6.54 Å². The Labute approximate surface area is 155 Å². The molecule has 0 amide bonds. The van der Waals surface area contributed by atoms with Gasteiger partial charge in [0.1, 0.15) is 11.4 Å². The number of hydrogen-bond acceptors (Lipinski definition) is 4. The van der Waals surface area contributed by atoms with Gasteiger partial charge in [-0.3, -0.25) is 9.36 Å². The summed E-state index contributed by atoms with van der Waals surface area (Å²) in [6.45, 7) is 1.78. The third kappa shape index (κ3) is 3.88. The predicted octanol–water partition coefficient (Wildman–Crippen LogP) is 2.71. The fraction of sp³-hybridized carbons (Fsp3) is 0.625. The van der Waals surface area contributed by atoms with E-state index in [2.05, 4.69) is 10.2 Å². The van der Waals surface area contributed by atoms with Crippen LogP contribution >= 0.6 is 0 Å². The quantitative estimate of drug-likeness (QED) is 0.784. The lowest BCUT2D eigenvalue weighted by atomic mass is 10.0. The van der Waals surface area contributed by atoms with E-state index in [1.165, 1.54) is 18.2 Å². The van der Waals surface area contributed by atoms with Gasteiger partial charge in [0.25, 0.3) is 0 Å². The monoisotopic (exact) mass is 405 g/mol. The molecular formula is C16H22F3N5O2S. The zero-order chi connectivity index (χ0) is 20.0. The minimum Gasteiger partial charge on any atom is -0.275 e. The van der Waals surface area contributed by atoms with E-state index in [0.717, 1.165) is 12.0 Å². The zero-order valence-corrected chi connectivity index (χ0v) is 16.2. The molecule has 3 rings (SSSR count). The number of rotatable bonds is 4. The summed E-state index contributed by atoms with van der Waals surface area (Å²) in [5, 5.41) is 7.95. The first-order valence-corrected chi connectivity index (χ1v) is 10.1. The van der Waals surface area contributed by atoms with E-state index in [1.54, 1.807) is 24.1 Å². The lowest BCUT2D eigenvalue weighted by Crippen LogP contribution is -2.38. The van der Waals surface area contributed by atoms with Crippen LogP contribution in [-0.4, -0.2) is 45.0 Å². The molecule has 3 heterocycles. The molecule has 7 nitrogen and oxygen atoms in total. The first-order chi connectivity index (χ1) is 12.5. The van der Waals surface area contributed by atoms with Crippen molar-refractivity contribution in [3.05, 3.63) is 29.3 Å². The summed E-state index contributed by atoms with van der Waals surface area (Å²) in [4.78, 5) is -0.137. The topological polar surface area (TPSA) is 73.0 Å². The molecule has 0 aliphatic carbocycles. The normalized spacial score (nSPS) is 19.6. The average Bonchev–Trinajstić information content (AvgIpc) is 3.10. The van der Waals surface area contributed by atoms with Crippen molar-refractivity contribution in [2.45, 2.75) is 56.8 Å². The molecule has 150 valence electrons. The molecule has 2 aromatic rings. The number of halogens is 3. The molecule has 0 aromatic carbocycles. The van der Waals surface area contributed by atoms with Crippen molar-refractivity contribution in [3.63, 3.8) is 0 Å². The average molecular weight is 405 g/mol. The molecule has 1 saturated heterocycles. The summed E-state index contributed by atoms with van der Waals surface area (Å²) in [5.41, 5.74) is 0.853. The van der Waals surface area contributed by atoms with Gasteiger partial charge >= 0.3 is 6.18 Å². The standard InChI is InChI=1S/C16H22F3N5O2S/c1-11-15(12(2)23(21-11)10-16(17,18)19)27(25,26)24-7-5-4-6-14(24)13-8-20-22(3)9-13/h8-9,14H,4-7,10H2,1-3H3. The Hall–Kier alpha value is -1.88. The highest BCUT2D eigenvalue weighted by Gasteiger charge is 2.39. The van der Waals surface area contributed by atoms with Gasteiger partial charge in [-0.15, -0.1) is 0 Å². The Bertz CT molecular complexity index is 932. The molecule has 11 heteroatoms. The summed E-state index contributed by atoms with van der Waals surface area (Å²) >= 11 is 0. The molecule has 1 fully saturated rings. The lowest BCUT2D eigenvalue weighted by Gasteiger charge is -2.34. The Morgan fingerprint density at radius 2 is 1.96 bits per heavy atom. The fourth-order valence-corrected chi connectivity index (χ4v) is 5.69. The largest absolute Gasteiger partial charge is 0.408 e. The summed E-state index contributed by atoms with van der Waals surface area (Å²) < 4.78 is 68.7. The number of sulfonamides is 1. The van der Waals surface area contributed by atoms with E-state index in [4.69, 9.17) is 0 Å². The molecule has 2 aromatic heterocycles. The van der Waals surface area contributed by atoms with Crippen LogP contribution in [0.5, 0.6) is 0 Å². The van der Waals surface area contributed by atoms with Gasteiger partial charge in [-0.1, -0.05) is 6.42 Å². The van der Waals surface area contributed by atoms with Gasteiger partial charge in [-0.25, -0.2) is 8.42 Å². The number of aromatic nitrogens is 4. The smallest absolute Gasteiger partial charge is 0.275 e. The molecule has 0 radical (unpaired) electrons. The minimum absolute atomic E-state index is 0.000310. The maximum atomic E-state index is 13.4. The number of aryl methyl sites for hydroxylation is 2. The number of alkyl halides is 3. The van der Waals surface area contributed by atoms with Gasteiger partial charge in [-0.05, 0) is 26.7 Å². The third-order valence-electron chi connectivity index (χ3n) is 4.77. The zero-order valence-electron chi connectivity index (χ0n) is 15.4. The molecule has 1 unspecified atom stereocenters. The van der Waals surface area contributed by atoms with E-state index < -0.39 is 22.7 Å². The van der Waals surface area contributed by atoms with Gasteiger partial charge in [0, 0.05) is 25.4 Å². The van der Waals surface area contributed by atoms with Crippen LogP contribution < -0.4 is 0 Å². The second-order valence-corrected chi connectivity index (χ2v) is 8.67. The van der Waals surface area contributed by atoms with Crippen LogP contribution in [-0.2, 0) is 23.6 Å². The molecule has 27 heavy (non-hydrogen) atoms. The van der Waals surface area contributed by atoms with Gasteiger partial charge in [0.2, 0.25) is 10.0 Å². The van der Waals surface area contributed by atoms with E-state index in [1.807, 2.05) is 0 Å². The van der Waals surface area contributed by atoms with E-state index >= 15 is 0 Å². The van der Waals surface area contributed by atoms with Crippen molar-refractivity contribution < 1.29 is 21.6 Å². The van der Waals surface area contributed by atoms with Crippen molar-refractivity contribution in [3.8, 4) is 0 Å². The number of piperidine rings is 1. The van der Waals surface area contributed by atoms with Crippen LogP contribution in [0.1, 0.15) is 42.3 Å². The third-order valence-corrected chi connectivity index (χ3v) is 6.94. The molecule has 0 bridgehead atoms. The molecule has 0 spiro atoms. The Balaban J connectivity index is 2.02. The molecule has 1 aliphatic rings. The fourth-order valence-electron chi connectivity index (χ4n) is 3.63. The maximum Gasteiger partial charge on any atom is 0.408 e. The second kappa shape index (κ2) is 6.93. The first-order valence-electron chi connectivity index (χ1n) is 8.62. The first kappa shape index (κ1) is 19.9. The Morgan fingerprint density at radius 1 is 1.26 bits per heavy atom. The Morgan fingerprint density at radius 3 is 2.56 bits per heavy atom. The highest BCUT2D eigenvalue weighted by molar-refractivity contribution is 7.89. The summed E-state index contributed by atoms with van der Waals surface area (Å²) in [6.07, 6.45) is 1.13. The highest BCUT2D eigenvalue weighted by atomic mass is 32.2. The van der Waals surface area contributed by atoms with Crippen molar-refractivity contribution in [1.29, 1.82) is 0 Å². The van der Waals surface area contributed by atoms with Crippen LogP contribution in [0.25, 0.3) is 0 Å². The van der Waals surface area contributed by atoms with Gasteiger partial charge in [0.05, 0.1) is 23.6 Å². The Kier molecular flexibility index (Phi) is 5.10. The molecular weight excluding hydrogens is 383 g/mol. The minimum atomic E-state index is -4.48. The van der Waals surface area contributed by atoms with E-state index in [0.29, 0.717) is 24.1 Å². The molecule has 1 atom stereocenters. The van der Waals surface area contributed by atoms with Crippen LogP contribution in [0.15, 0.2) is 17.3 Å². The molecule has 1 aliphatic heterocycles. The number of nitrogens with zero attached hydrogens (tertiary/aromatic N) is 5. The summed E-state index contributed by atoms with van der Waals surface area (Å²) in [7, 11) is -2.25. The highest BCUT2D eigenvalue weighted by Crippen LogP contribution is 2.37. The lowest BCUT2D eigenvalue weighted by molar-refractivity contribution is -0.143. The van der Waals surface area contributed by atoms with Crippen molar-refractivity contribution >= 4 is 10.0 Å². The predicted molar refractivity (Wildman–Crippen MR) is 91.4 cm³/mol. The summed E-state index contributed by atoms with van der Waals surface area (Å²) in [6, 6.07) is -0.387. The van der Waals surface area contributed by atoms with Gasteiger partial charge in [-0.2, -0.15) is 27.7 Å². The van der Waals surface area contributed by atoms with Crippen LogP contribution in [0.4, 0.5) is 13.2 Å². The van der Waals surface area contributed by atoms with Gasteiger partial charge < -0.3 is 0 Å². The molecule has 0 N–H and O–H groups in total. The summed E-state index contributed by atoms with van der Waals surface area (Å²) in [5.74, 6) is 0. The maximum absolute atomic E-state index is 13.4. The SMILES string of the molecule is Cc1nn(CC(F)(F)F)c(C)c1S(=O)(=O)N1CCCCC1c1cnn(C)c1. The van der Waals surface area contributed by atoms with Crippen LogP contribution in [0, 0.1) is 13.8 Å². The molecule has 0 saturated carbocycles. The van der Waals surface area contributed by atoms with Crippen LogP contribution in [0.3, 0.4) is 0 Å². The van der Waals surface area contributed by atoms with E-state index in [9.17, 15) is 21.6 Å². The van der Waals surface area contributed by atoms with Crippen LogP contribution in [0.2, 0.25) is 0 Å². The van der Waals surface area contributed by atoms with Crippen molar-refractivity contribution in [1.82, 2.24) is 23.9 Å². The number of hydrogen-bond donors (Lipinski definition) is 0. The second-order valence-electron chi connectivity index (χ2n) is 6.85. The van der Waals surface area contributed by atoms with E-state index in [-0.39, 0.29) is 22.3 Å². The van der Waals surface area contributed by atoms with Gasteiger partial charge in [0.15, 0.2) is 0 Å².